The standard InChI is InChI=1S/C30H24Cl2N2O5/c1-16(2)28-29(26(34-39-28)25-22(31)5-4-6-23(25)32)38-14-17-7-12-20-24(13-17)37-15-21(27(20)35)18-8-10-19(11-9-18)30(36)33-3/h4-13,15-16H,14H2,1-3H3,(H,33,36). The maximum atomic E-state index is 13.2. The highest BCUT2D eigenvalue weighted by Crippen LogP contribution is 2.43. The van der Waals surface area contributed by atoms with Crippen LogP contribution in [0.2, 0.25) is 10.0 Å². The average molecular weight is 563 g/mol. The van der Waals surface area contributed by atoms with E-state index in [0.29, 0.717) is 60.5 Å². The number of nitrogens with zero attached hydrogens (tertiary/aromatic N) is 1. The third kappa shape index (κ3) is 5.15. The zero-order chi connectivity index (χ0) is 27.7. The lowest BCUT2D eigenvalue weighted by atomic mass is 10.0. The van der Waals surface area contributed by atoms with Gasteiger partial charge in [0.1, 0.15) is 18.5 Å². The monoisotopic (exact) mass is 562 g/mol. The fourth-order valence-corrected chi connectivity index (χ4v) is 4.82. The Morgan fingerprint density at radius 1 is 1.05 bits per heavy atom. The molecule has 0 atom stereocenters. The number of rotatable bonds is 7. The fraction of sp³-hybridized carbons (Fsp3) is 0.167. The van der Waals surface area contributed by atoms with Crippen LogP contribution in [-0.2, 0) is 6.61 Å². The van der Waals surface area contributed by atoms with Crippen molar-refractivity contribution in [1.29, 1.82) is 0 Å². The van der Waals surface area contributed by atoms with E-state index < -0.39 is 0 Å². The Bertz CT molecular complexity index is 1720. The van der Waals surface area contributed by atoms with Gasteiger partial charge in [-0.1, -0.05) is 66.5 Å². The molecule has 0 unspecified atom stereocenters. The number of halogens is 2. The van der Waals surface area contributed by atoms with Gasteiger partial charge in [-0.2, -0.15) is 0 Å². The Morgan fingerprint density at radius 2 is 1.77 bits per heavy atom. The minimum Gasteiger partial charge on any atom is -0.483 e. The lowest BCUT2D eigenvalue weighted by molar-refractivity contribution is 0.0963. The molecule has 198 valence electrons. The van der Waals surface area contributed by atoms with Gasteiger partial charge in [-0.25, -0.2) is 0 Å². The number of aromatic nitrogens is 1. The van der Waals surface area contributed by atoms with Crippen LogP contribution in [0.25, 0.3) is 33.4 Å². The molecule has 3 aromatic carbocycles. The number of carbonyl (C=O) groups excluding carboxylic acids is 1. The predicted octanol–water partition coefficient (Wildman–Crippen LogP) is 7.48. The van der Waals surface area contributed by atoms with Gasteiger partial charge in [-0.15, -0.1) is 0 Å². The van der Waals surface area contributed by atoms with Gasteiger partial charge in [0.2, 0.25) is 0 Å². The number of benzene rings is 3. The molecule has 0 fully saturated rings. The molecule has 0 saturated carbocycles. The molecule has 2 aromatic heterocycles. The van der Waals surface area contributed by atoms with E-state index in [9.17, 15) is 9.59 Å². The summed E-state index contributed by atoms with van der Waals surface area (Å²) < 4.78 is 17.7. The molecule has 1 N–H and O–H groups in total. The van der Waals surface area contributed by atoms with Crippen molar-refractivity contribution in [1.82, 2.24) is 10.5 Å². The second kappa shape index (κ2) is 11.0. The number of carbonyl (C=O) groups is 1. The van der Waals surface area contributed by atoms with Gasteiger partial charge >= 0.3 is 0 Å². The van der Waals surface area contributed by atoms with Crippen molar-refractivity contribution in [2.45, 2.75) is 26.4 Å². The molecule has 7 nitrogen and oxygen atoms in total. The SMILES string of the molecule is CNC(=O)c1ccc(-c2coc3cc(COc4c(-c5c(Cl)cccc5Cl)noc4C(C)C)ccc3c2=O)cc1. The van der Waals surface area contributed by atoms with E-state index in [0.717, 1.165) is 5.56 Å². The Balaban J connectivity index is 1.44. The normalized spacial score (nSPS) is 11.2. The van der Waals surface area contributed by atoms with Gasteiger partial charge in [0, 0.05) is 24.1 Å². The van der Waals surface area contributed by atoms with Gasteiger partial charge in [0.05, 0.1) is 21.0 Å². The van der Waals surface area contributed by atoms with Crippen molar-refractivity contribution >= 4 is 40.1 Å². The molecule has 0 aliphatic carbocycles. The first-order valence-corrected chi connectivity index (χ1v) is 13.0. The van der Waals surface area contributed by atoms with E-state index in [1.165, 1.54) is 6.26 Å². The summed E-state index contributed by atoms with van der Waals surface area (Å²) in [5.41, 5.74) is 3.56. The topological polar surface area (TPSA) is 94.6 Å². The Hall–Kier alpha value is -4.07. The molecule has 1 amide bonds. The molecule has 2 heterocycles. The van der Waals surface area contributed by atoms with Crippen molar-refractivity contribution < 1.29 is 18.5 Å². The lowest BCUT2D eigenvalue weighted by Crippen LogP contribution is -2.17. The molecule has 0 bridgehead atoms. The van der Waals surface area contributed by atoms with Gasteiger partial charge in [-0.05, 0) is 47.5 Å². The summed E-state index contributed by atoms with van der Waals surface area (Å²) >= 11 is 12.9. The molecule has 0 saturated heterocycles. The molecule has 0 aliphatic heterocycles. The van der Waals surface area contributed by atoms with E-state index in [2.05, 4.69) is 10.5 Å². The zero-order valence-electron chi connectivity index (χ0n) is 21.4. The predicted molar refractivity (Wildman–Crippen MR) is 152 cm³/mol. The summed E-state index contributed by atoms with van der Waals surface area (Å²) in [6, 6.07) is 17.3. The van der Waals surface area contributed by atoms with E-state index in [-0.39, 0.29) is 23.9 Å². The smallest absolute Gasteiger partial charge is 0.251 e. The first-order valence-electron chi connectivity index (χ1n) is 12.2. The van der Waals surface area contributed by atoms with Gasteiger partial charge in [0.25, 0.3) is 5.91 Å². The summed E-state index contributed by atoms with van der Waals surface area (Å²) in [4.78, 5) is 25.0. The van der Waals surface area contributed by atoms with Crippen LogP contribution in [0, 0.1) is 0 Å². The van der Waals surface area contributed by atoms with Crippen molar-refractivity contribution in [3.8, 4) is 28.1 Å². The second-order valence-corrected chi connectivity index (χ2v) is 10.0. The van der Waals surface area contributed by atoms with Crippen molar-refractivity contribution in [2.24, 2.45) is 0 Å². The molecule has 0 spiro atoms. The van der Waals surface area contributed by atoms with Crippen molar-refractivity contribution in [3.63, 3.8) is 0 Å². The van der Waals surface area contributed by atoms with Crippen LogP contribution in [0.15, 0.2) is 80.7 Å². The van der Waals surface area contributed by atoms with Crippen molar-refractivity contribution in [3.05, 3.63) is 104 Å². The number of hydrogen-bond donors (Lipinski definition) is 1. The molecule has 5 rings (SSSR count). The van der Waals surface area contributed by atoms with Gasteiger partial charge in [0.15, 0.2) is 22.6 Å². The van der Waals surface area contributed by atoms with E-state index >= 15 is 0 Å². The van der Waals surface area contributed by atoms with E-state index in [1.807, 2.05) is 19.9 Å². The first kappa shape index (κ1) is 26.5. The van der Waals surface area contributed by atoms with Crippen LogP contribution in [-0.4, -0.2) is 18.1 Å². The second-order valence-electron chi connectivity index (χ2n) is 9.23. The maximum absolute atomic E-state index is 13.2. The van der Waals surface area contributed by atoms with Crippen LogP contribution >= 0.6 is 23.2 Å². The largest absolute Gasteiger partial charge is 0.483 e. The highest BCUT2D eigenvalue weighted by atomic mass is 35.5. The Morgan fingerprint density at radius 3 is 2.44 bits per heavy atom. The highest BCUT2D eigenvalue weighted by molar-refractivity contribution is 6.39. The van der Waals surface area contributed by atoms with Crippen LogP contribution in [0.4, 0.5) is 0 Å². The molecule has 9 heteroatoms. The van der Waals surface area contributed by atoms with Crippen molar-refractivity contribution in [2.75, 3.05) is 7.05 Å². The summed E-state index contributed by atoms with van der Waals surface area (Å²) in [6.07, 6.45) is 1.43. The number of fused-ring (bicyclic) bond motifs is 1. The van der Waals surface area contributed by atoms with Crippen LogP contribution in [0.3, 0.4) is 0 Å². The average Bonchev–Trinajstić information content (AvgIpc) is 3.35. The lowest BCUT2D eigenvalue weighted by Gasteiger charge is -2.11. The third-order valence-corrected chi connectivity index (χ3v) is 6.94. The fourth-order valence-electron chi connectivity index (χ4n) is 4.25. The molecule has 39 heavy (non-hydrogen) atoms. The number of amides is 1. The molecular formula is C30H24Cl2N2O5. The minimum atomic E-state index is -0.198. The number of ether oxygens (including phenoxy) is 1. The van der Waals surface area contributed by atoms with Crippen LogP contribution in [0.1, 0.15) is 41.4 Å². The first-order chi connectivity index (χ1) is 18.8. The zero-order valence-corrected chi connectivity index (χ0v) is 22.9. The summed E-state index contributed by atoms with van der Waals surface area (Å²) in [5, 5.41) is 8.08. The Kier molecular flexibility index (Phi) is 7.46. The van der Waals surface area contributed by atoms with E-state index in [1.54, 1.807) is 61.6 Å². The molecule has 0 aliphatic rings. The maximum Gasteiger partial charge on any atom is 0.251 e. The summed E-state index contributed by atoms with van der Waals surface area (Å²) in [5.74, 6) is 0.828. The Labute approximate surface area is 234 Å². The number of nitrogens with one attached hydrogen (secondary N) is 1. The summed E-state index contributed by atoms with van der Waals surface area (Å²) in [7, 11) is 1.57. The van der Waals surface area contributed by atoms with E-state index in [4.69, 9.17) is 36.9 Å². The quantitative estimate of drug-likeness (QED) is 0.221. The van der Waals surface area contributed by atoms with Crippen LogP contribution in [0.5, 0.6) is 5.75 Å². The number of hydrogen-bond acceptors (Lipinski definition) is 6. The van der Waals surface area contributed by atoms with Gasteiger partial charge < -0.3 is 19.0 Å². The molecule has 0 radical (unpaired) electrons. The molecule has 5 aromatic rings. The third-order valence-electron chi connectivity index (χ3n) is 6.31. The van der Waals surface area contributed by atoms with Gasteiger partial charge in [-0.3, -0.25) is 9.59 Å². The summed E-state index contributed by atoms with van der Waals surface area (Å²) in [6.45, 7) is 4.11. The minimum absolute atomic E-state index is 0.000908. The molecular weight excluding hydrogens is 539 g/mol. The highest BCUT2D eigenvalue weighted by Gasteiger charge is 2.25. The van der Waals surface area contributed by atoms with Crippen LogP contribution < -0.4 is 15.5 Å².